The molecular formula is C8H13F12NO3. The van der Waals surface area contributed by atoms with E-state index in [0.29, 0.717) is 0 Å². The summed E-state index contributed by atoms with van der Waals surface area (Å²) in [7, 11) is 0. The van der Waals surface area contributed by atoms with Crippen molar-refractivity contribution in [3.63, 3.8) is 0 Å². The third-order valence-electron chi connectivity index (χ3n) is 0.565. The topological polar surface area (TPSA) is 49.8 Å². The number of hydrogen-bond donors (Lipinski definition) is 1. The lowest BCUT2D eigenvalue weighted by molar-refractivity contribution is -0.142. The summed E-state index contributed by atoms with van der Waals surface area (Å²) in [6, 6.07) is 0. The lowest BCUT2D eigenvalue weighted by Gasteiger charge is -1.94. The summed E-state index contributed by atoms with van der Waals surface area (Å²) in [5.74, 6) is 0. The van der Waals surface area contributed by atoms with Gasteiger partial charge in [0.05, 0.1) is 0 Å². The van der Waals surface area contributed by atoms with E-state index >= 15 is 0 Å². The zero-order valence-electron chi connectivity index (χ0n) is 11.5. The first-order valence-corrected chi connectivity index (χ1v) is 4.79. The number of halogens is 12. The van der Waals surface area contributed by atoms with Crippen LogP contribution < -0.4 is 0 Å². The molecule has 0 aliphatic rings. The molecule has 0 rings (SSSR count). The van der Waals surface area contributed by atoms with Gasteiger partial charge in [0.25, 0.3) is 0 Å². The fraction of sp³-hybridized carbons (Fsp3) is 0.875. The van der Waals surface area contributed by atoms with Gasteiger partial charge in [-0.05, 0) is 0 Å². The molecule has 0 amide bonds. The number of hydrogen-bond acceptors (Lipinski definition) is 3. The average molecular weight is 399 g/mol. The van der Waals surface area contributed by atoms with Crippen LogP contribution in [-0.4, -0.2) is 63.5 Å². The van der Waals surface area contributed by atoms with Crippen LogP contribution in [0, 0.1) is 0 Å². The minimum absolute atomic E-state index is 0.583. The van der Waals surface area contributed by atoms with Gasteiger partial charge in [-0.1, -0.05) is 5.12 Å². The van der Waals surface area contributed by atoms with Crippen molar-refractivity contribution >= 4 is 6.22 Å². The van der Waals surface area contributed by atoms with Crippen molar-refractivity contribution in [3.05, 3.63) is 0 Å². The van der Waals surface area contributed by atoms with E-state index in [1.54, 1.807) is 0 Å². The average Bonchev–Trinajstić information content (AvgIpc) is 2.48. The molecular weight excluding hydrogens is 386 g/mol. The highest BCUT2D eigenvalue weighted by atomic mass is 19.4. The predicted octanol–water partition coefficient (Wildman–Crippen LogP) is 4.92. The zero-order chi connectivity index (χ0) is 20.6. The lowest BCUT2D eigenvalue weighted by Crippen LogP contribution is -2.08. The molecule has 0 aromatic rings. The van der Waals surface area contributed by atoms with Gasteiger partial charge in [0, 0.05) is 0 Å². The molecule has 1 N–H and O–H groups in total. The van der Waals surface area contributed by atoms with Crippen LogP contribution in [-0.2, 0) is 4.74 Å². The fourth-order valence-corrected chi connectivity index (χ4v) is 0.0611. The lowest BCUT2D eigenvalue weighted by atomic mass is 10.8. The first kappa shape index (κ1) is 34.0. The fourth-order valence-electron chi connectivity index (χ4n) is 0.0611. The summed E-state index contributed by atoms with van der Waals surface area (Å²) >= 11 is 0. The summed E-state index contributed by atoms with van der Waals surface area (Å²) in [4.78, 5) is 8.33. The summed E-state index contributed by atoms with van der Waals surface area (Å²) in [5, 5.41) is 6.17. The van der Waals surface area contributed by atoms with Crippen molar-refractivity contribution in [2.45, 2.75) is 6.18 Å². The number of alkyl halides is 10. The van der Waals surface area contributed by atoms with Gasteiger partial charge >= 0.3 is 12.4 Å². The molecule has 0 atom stereocenters. The van der Waals surface area contributed by atoms with Crippen LogP contribution in [0.15, 0.2) is 0 Å². The molecule has 152 valence electrons. The molecule has 0 aromatic heterocycles. The molecule has 0 saturated carbocycles. The van der Waals surface area contributed by atoms with Gasteiger partial charge in [0.1, 0.15) is 0 Å². The zero-order valence-corrected chi connectivity index (χ0v) is 11.5. The van der Waals surface area contributed by atoms with E-state index in [0.717, 1.165) is 0 Å². The van der Waals surface area contributed by atoms with Crippen LogP contribution in [0.1, 0.15) is 0 Å². The van der Waals surface area contributed by atoms with E-state index in [1.165, 1.54) is 0 Å². The minimum atomic E-state index is -4.62. The van der Waals surface area contributed by atoms with Gasteiger partial charge in [-0.3, -0.25) is 0 Å². The van der Waals surface area contributed by atoms with Crippen LogP contribution >= 0.6 is 0 Å². The standard InChI is InChI=1S/C2H2F4.C2H4F3N.C2H4F2O.CH2F2.CHFO2/c3-1-2(4,5)6;3-1-6(5)2-4;3-1-5-2-4;2-1-3;2-1(3)4/h1H2;1-2H2;1-2H2;1H2;(H,3,4). The van der Waals surface area contributed by atoms with E-state index < -0.39 is 58.4 Å². The second-order valence-corrected chi connectivity index (χ2v) is 2.23. The number of carboxylic acid groups (broad SMARTS) is 1. The Kier molecular flexibility index (Phi) is 41.9. The predicted molar refractivity (Wildman–Crippen MR) is 56.2 cm³/mol. The van der Waals surface area contributed by atoms with Crippen LogP contribution in [0.3, 0.4) is 0 Å². The Hall–Kier alpha value is -1.45. The summed E-state index contributed by atoms with van der Waals surface area (Å²) in [5.41, 5.74) is 0. The van der Waals surface area contributed by atoms with E-state index in [2.05, 4.69) is 4.74 Å². The van der Waals surface area contributed by atoms with Crippen molar-refractivity contribution in [1.82, 2.24) is 5.12 Å². The monoisotopic (exact) mass is 399 g/mol. The Morgan fingerprint density at radius 3 is 1.12 bits per heavy atom. The van der Waals surface area contributed by atoms with Gasteiger partial charge in [0.15, 0.2) is 34.0 Å². The second kappa shape index (κ2) is 29.5. The maximum Gasteiger partial charge on any atom is 0.492 e. The van der Waals surface area contributed by atoms with Crippen LogP contribution in [0.5, 0.6) is 0 Å². The molecule has 0 aliphatic carbocycles. The molecule has 16 heteroatoms. The molecule has 0 spiro atoms. The van der Waals surface area contributed by atoms with Crippen LogP contribution in [0.2, 0.25) is 0 Å². The third kappa shape index (κ3) is 138. The van der Waals surface area contributed by atoms with Crippen molar-refractivity contribution in [1.29, 1.82) is 0 Å². The molecule has 24 heavy (non-hydrogen) atoms. The van der Waals surface area contributed by atoms with Gasteiger partial charge in [-0.2, -0.15) is 13.2 Å². The molecule has 0 radical (unpaired) electrons. The normalized spacial score (nSPS) is 9.04. The van der Waals surface area contributed by atoms with Gasteiger partial charge < -0.3 is 9.84 Å². The first-order valence-electron chi connectivity index (χ1n) is 4.79. The largest absolute Gasteiger partial charge is 0.492 e. The van der Waals surface area contributed by atoms with Gasteiger partial charge in [-0.15, -0.1) is 8.87 Å². The Morgan fingerprint density at radius 2 is 1.12 bits per heavy atom. The first-order chi connectivity index (χ1) is 10.9. The smallest absolute Gasteiger partial charge is 0.456 e. The number of nitrogens with zero attached hydrogens (tertiary/aromatic N) is 1. The van der Waals surface area contributed by atoms with Crippen molar-refractivity contribution in [2.24, 2.45) is 0 Å². The summed E-state index contributed by atoms with van der Waals surface area (Å²) in [6.45, 7) is -8.80. The highest BCUT2D eigenvalue weighted by Crippen LogP contribution is 2.13. The number of ether oxygens (including phenoxy) is 1. The SMILES string of the molecule is FCC(F)(F)F.FCF.FCN(F)CF.FCOCF.O=C(O)F. The quantitative estimate of drug-likeness (QED) is 0.316. The number of rotatable bonds is 4. The molecule has 0 fully saturated rings. The molecule has 0 aromatic carbocycles. The number of carbonyl (C=O) groups is 1. The highest BCUT2D eigenvalue weighted by Gasteiger charge is 2.26. The van der Waals surface area contributed by atoms with Crippen molar-refractivity contribution < 1.29 is 67.4 Å². The molecule has 0 bridgehead atoms. The Labute approximate surface area is 127 Å². The van der Waals surface area contributed by atoms with E-state index in [1.807, 2.05) is 0 Å². The summed E-state index contributed by atoms with van der Waals surface area (Å²) < 4.78 is 128. The molecule has 0 heterocycles. The Bertz CT molecular complexity index is 211. The van der Waals surface area contributed by atoms with Crippen molar-refractivity contribution in [3.8, 4) is 0 Å². The third-order valence-corrected chi connectivity index (χ3v) is 0.565. The highest BCUT2D eigenvalue weighted by molar-refractivity contribution is 5.54. The maximum atomic E-state index is 10.9. The summed E-state index contributed by atoms with van der Waals surface area (Å²) in [6.07, 6.45) is -6.96. The second-order valence-electron chi connectivity index (χ2n) is 2.23. The van der Waals surface area contributed by atoms with Gasteiger partial charge in [-0.25, -0.2) is 35.5 Å². The Morgan fingerprint density at radius 1 is 0.917 bits per heavy atom. The Balaban J connectivity index is -0.0000000641. The van der Waals surface area contributed by atoms with E-state index in [4.69, 9.17) is 9.90 Å². The van der Waals surface area contributed by atoms with E-state index in [-0.39, 0.29) is 0 Å². The maximum absolute atomic E-state index is 10.9. The van der Waals surface area contributed by atoms with Crippen LogP contribution in [0.25, 0.3) is 0 Å². The van der Waals surface area contributed by atoms with Gasteiger partial charge in [0.2, 0.25) is 6.93 Å². The van der Waals surface area contributed by atoms with E-state index in [9.17, 15) is 52.8 Å². The molecule has 4 nitrogen and oxygen atoms in total. The van der Waals surface area contributed by atoms with Crippen molar-refractivity contribution in [2.75, 3.05) is 40.9 Å². The minimum Gasteiger partial charge on any atom is -0.456 e. The van der Waals surface area contributed by atoms with Crippen LogP contribution in [0.4, 0.5) is 57.6 Å². The molecule has 0 unspecified atom stereocenters. The molecule has 0 aliphatic heterocycles. The molecule has 0 saturated heterocycles.